The molecule has 29 heavy (non-hydrogen) atoms. The van der Waals surface area contributed by atoms with Crippen molar-refractivity contribution in [3.8, 4) is 0 Å². The number of carbonyl (C=O) groups excluding carboxylic acids is 2. The first kappa shape index (κ1) is 21.4. The number of amides is 2. The highest BCUT2D eigenvalue weighted by atomic mass is 19.4. The molecule has 0 saturated carbocycles. The number of nitrogens with one attached hydrogen (secondary N) is 1. The third kappa shape index (κ3) is 5.41. The SMILES string of the molecule is CCN1CCC(C(=O)Nc2ccc(N3CCN(C(=O)C(F)(F)F)CC3)cc2)CC1. The second kappa shape index (κ2) is 9.02. The molecule has 0 bridgehead atoms. The summed E-state index contributed by atoms with van der Waals surface area (Å²) >= 11 is 0. The number of alkyl halides is 3. The maximum atomic E-state index is 12.5. The molecule has 0 atom stereocenters. The highest BCUT2D eigenvalue weighted by Gasteiger charge is 2.43. The van der Waals surface area contributed by atoms with Gasteiger partial charge in [0.1, 0.15) is 0 Å². The Morgan fingerprint density at radius 3 is 2.10 bits per heavy atom. The van der Waals surface area contributed by atoms with Crippen molar-refractivity contribution in [1.29, 1.82) is 0 Å². The van der Waals surface area contributed by atoms with Crippen LogP contribution in [0.1, 0.15) is 19.8 Å². The van der Waals surface area contributed by atoms with Gasteiger partial charge in [-0.3, -0.25) is 9.59 Å². The van der Waals surface area contributed by atoms with Crippen molar-refractivity contribution in [2.75, 3.05) is 56.0 Å². The standard InChI is InChI=1S/C20H27F3N4O2/c1-2-25-9-7-15(8-10-25)18(28)24-16-3-5-17(6-4-16)26-11-13-27(14-12-26)19(29)20(21,22)23/h3-6,15H,2,7-14H2,1H3,(H,24,28). The Bertz CT molecular complexity index is 707. The van der Waals surface area contributed by atoms with Gasteiger partial charge in [-0.15, -0.1) is 0 Å². The number of nitrogens with zero attached hydrogens (tertiary/aromatic N) is 3. The van der Waals surface area contributed by atoms with Crippen molar-refractivity contribution in [3.63, 3.8) is 0 Å². The van der Waals surface area contributed by atoms with Gasteiger partial charge in [0.05, 0.1) is 0 Å². The van der Waals surface area contributed by atoms with Crippen molar-refractivity contribution in [2.45, 2.75) is 25.9 Å². The number of piperazine rings is 1. The number of halogens is 3. The van der Waals surface area contributed by atoms with Crippen molar-refractivity contribution < 1.29 is 22.8 Å². The first-order valence-corrected chi connectivity index (χ1v) is 10.0. The number of hydrogen-bond donors (Lipinski definition) is 1. The topological polar surface area (TPSA) is 55.9 Å². The molecule has 0 unspecified atom stereocenters. The summed E-state index contributed by atoms with van der Waals surface area (Å²) in [6.45, 7) is 5.75. The monoisotopic (exact) mass is 412 g/mol. The molecule has 1 aromatic carbocycles. The van der Waals surface area contributed by atoms with Crippen LogP contribution in [0.4, 0.5) is 24.5 Å². The number of piperidine rings is 1. The number of rotatable bonds is 4. The highest BCUT2D eigenvalue weighted by Crippen LogP contribution is 2.24. The Labute approximate surface area is 168 Å². The summed E-state index contributed by atoms with van der Waals surface area (Å²) in [5, 5.41) is 2.96. The zero-order valence-electron chi connectivity index (χ0n) is 16.5. The molecule has 2 heterocycles. The lowest BCUT2D eigenvalue weighted by molar-refractivity contribution is -0.185. The van der Waals surface area contributed by atoms with Gasteiger partial charge >= 0.3 is 12.1 Å². The maximum Gasteiger partial charge on any atom is 0.471 e. The van der Waals surface area contributed by atoms with Gasteiger partial charge in [-0.1, -0.05) is 6.92 Å². The van der Waals surface area contributed by atoms with E-state index in [9.17, 15) is 22.8 Å². The first-order valence-electron chi connectivity index (χ1n) is 10.0. The summed E-state index contributed by atoms with van der Waals surface area (Å²) in [4.78, 5) is 28.9. The minimum absolute atomic E-state index is 0.0247. The van der Waals surface area contributed by atoms with E-state index in [1.807, 2.05) is 29.2 Å². The van der Waals surface area contributed by atoms with Crippen LogP contribution in [-0.4, -0.2) is 73.6 Å². The number of likely N-dealkylation sites (tertiary alicyclic amines) is 1. The zero-order valence-corrected chi connectivity index (χ0v) is 16.5. The second-order valence-electron chi connectivity index (χ2n) is 7.52. The smallest absolute Gasteiger partial charge is 0.368 e. The summed E-state index contributed by atoms with van der Waals surface area (Å²) < 4.78 is 37.6. The molecular weight excluding hydrogens is 385 g/mol. The minimum atomic E-state index is -4.82. The van der Waals surface area contributed by atoms with Gasteiger partial charge in [-0.05, 0) is 56.7 Å². The molecule has 2 aliphatic rings. The second-order valence-corrected chi connectivity index (χ2v) is 7.52. The minimum Gasteiger partial charge on any atom is -0.368 e. The van der Waals surface area contributed by atoms with Gasteiger partial charge in [-0.25, -0.2) is 0 Å². The molecule has 1 N–H and O–H groups in total. The molecule has 0 radical (unpaired) electrons. The largest absolute Gasteiger partial charge is 0.471 e. The van der Waals surface area contributed by atoms with Crippen LogP contribution in [0.25, 0.3) is 0 Å². The Kier molecular flexibility index (Phi) is 6.66. The molecule has 0 spiro atoms. The Balaban J connectivity index is 1.49. The van der Waals surface area contributed by atoms with Crippen LogP contribution in [0, 0.1) is 5.92 Å². The summed E-state index contributed by atoms with van der Waals surface area (Å²) in [5.41, 5.74) is 1.57. The van der Waals surface area contributed by atoms with E-state index in [-0.39, 0.29) is 24.9 Å². The van der Waals surface area contributed by atoms with E-state index in [2.05, 4.69) is 17.1 Å². The normalized spacial score (nSPS) is 19.3. The van der Waals surface area contributed by atoms with Gasteiger partial charge in [0.15, 0.2) is 0 Å². The molecule has 160 valence electrons. The number of carbonyl (C=O) groups is 2. The fraction of sp³-hybridized carbons (Fsp3) is 0.600. The van der Waals surface area contributed by atoms with Crippen LogP contribution in [0.15, 0.2) is 24.3 Å². The van der Waals surface area contributed by atoms with Crippen LogP contribution >= 0.6 is 0 Å². The molecule has 0 aliphatic carbocycles. The Morgan fingerprint density at radius 2 is 1.59 bits per heavy atom. The van der Waals surface area contributed by atoms with E-state index in [1.165, 1.54) is 0 Å². The molecule has 2 aliphatic heterocycles. The molecule has 2 fully saturated rings. The van der Waals surface area contributed by atoms with Gasteiger partial charge in [0, 0.05) is 43.5 Å². The van der Waals surface area contributed by atoms with Gasteiger partial charge in [0.2, 0.25) is 5.91 Å². The molecular formula is C20H27F3N4O2. The molecule has 2 amide bonds. The lowest BCUT2D eigenvalue weighted by atomic mass is 9.96. The Morgan fingerprint density at radius 1 is 1.00 bits per heavy atom. The average Bonchev–Trinajstić information content (AvgIpc) is 2.73. The van der Waals surface area contributed by atoms with E-state index in [1.54, 1.807) is 0 Å². The predicted molar refractivity (Wildman–Crippen MR) is 105 cm³/mol. The lowest BCUT2D eigenvalue weighted by Gasteiger charge is -2.36. The first-order chi connectivity index (χ1) is 13.8. The summed E-state index contributed by atoms with van der Waals surface area (Å²) in [6, 6.07) is 7.30. The molecule has 6 nitrogen and oxygen atoms in total. The van der Waals surface area contributed by atoms with Crippen LogP contribution in [-0.2, 0) is 9.59 Å². The van der Waals surface area contributed by atoms with Crippen LogP contribution in [0.5, 0.6) is 0 Å². The van der Waals surface area contributed by atoms with Crippen molar-refractivity contribution >= 4 is 23.2 Å². The van der Waals surface area contributed by atoms with Crippen molar-refractivity contribution in [1.82, 2.24) is 9.80 Å². The highest BCUT2D eigenvalue weighted by molar-refractivity contribution is 5.92. The van der Waals surface area contributed by atoms with Crippen LogP contribution < -0.4 is 10.2 Å². The van der Waals surface area contributed by atoms with E-state index < -0.39 is 12.1 Å². The number of hydrogen-bond acceptors (Lipinski definition) is 4. The quantitative estimate of drug-likeness (QED) is 0.826. The van der Waals surface area contributed by atoms with E-state index in [4.69, 9.17) is 0 Å². The fourth-order valence-corrected chi connectivity index (χ4v) is 3.86. The Hall–Kier alpha value is -2.29. The number of benzene rings is 1. The number of anilines is 2. The van der Waals surface area contributed by atoms with Crippen LogP contribution in [0.3, 0.4) is 0 Å². The van der Waals surface area contributed by atoms with Gasteiger partial charge in [0.25, 0.3) is 0 Å². The average molecular weight is 412 g/mol. The summed E-state index contributed by atoms with van der Waals surface area (Å²) in [6.07, 6.45) is -3.10. The molecule has 0 aromatic heterocycles. The molecule has 9 heteroatoms. The summed E-state index contributed by atoms with van der Waals surface area (Å²) in [5.74, 6) is -1.72. The molecule has 3 rings (SSSR count). The fourth-order valence-electron chi connectivity index (χ4n) is 3.86. The third-order valence-electron chi connectivity index (χ3n) is 5.71. The van der Waals surface area contributed by atoms with Crippen molar-refractivity contribution in [3.05, 3.63) is 24.3 Å². The zero-order chi connectivity index (χ0) is 21.0. The van der Waals surface area contributed by atoms with Gasteiger partial charge < -0.3 is 20.0 Å². The lowest BCUT2D eigenvalue weighted by Crippen LogP contribution is -2.52. The van der Waals surface area contributed by atoms with Gasteiger partial charge in [-0.2, -0.15) is 13.2 Å². The third-order valence-corrected chi connectivity index (χ3v) is 5.71. The molecule has 2 saturated heterocycles. The van der Waals surface area contributed by atoms with E-state index in [0.717, 1.165) is 43.1 Å². The van der Waals surface area contributed by atoms with Crippen LogP contribution in [0.2, 0.25) is 0 Å². The molecule has 1 aromatic rings. The van der Waals surface area contributed by atoms with E-state index in [0.29, 0.717) is 18.8 Å². The predicted octanol–water partition coefficient (Wildman–Crippen LogP) is 2.57. The van der Waals surface area contributed by atoms with E-state index >= 15 is 0 Å². The maximum absolute atomic E-state index is 12.5. The van der Waals surface area contributed by atoms with Crippen molar-refractivity contribution in [2.24, 2.45) is 5.92 Å². The summed E-state index contributed by atoms with van der Waals surface area (Å²) in [7, 11) is 0.